The molecule has 2 rings (SSSR count). The van der Waals surface area contributed by atoms with Gasteiger partial charge in [-0.3, -0.25) is 4.79 Å². The van der Waals surface area contributed by atoms with E-state index in [9.17, 15) is 18.0 Å². The Bertz CT molecular complexity index is 714. The molecule has 10 heteroatoms. The van der Waals surface area contributed by atoms with Crippen LogP contribution in [0, 0.1) is 0 Å². The van der Waals surface area contributed by atoms with Crippen LogP contribution in [0.15, 0.2) is 41.7 Å². The van der Waals surface area contributed by atoms with Crippen molar-refractivity contribution in [3.8, 4) is 5.75 Å². The van der Waals surface area contributed by atoms with E-state index in [1.54, 1.807) is 24.3 Å². The lowest BCUT2D eigenvalue weighted by atomic mass is 10.3. The Morgan fingerprint density at radius 3 is 2.64 bits per heavy atom. The molecule has 134 valence electrons. The van der Waals surface area contributed by atoms with Gasteiger partial charge in [0.15, 0.2) is 5.16 Å². The third-order valence-electron chi connectivity index (χ3n) is 2.76. The van der Waals surface area contributed by atoms with Gasteiger partial charge in [-0.05, 0) is 30.3 Å². The number of carbonyl (C=O) groups excluding carboxylic acids is 1. The Morgan fingerprint density at radius 2 is 1.96 bits per heavy atom. The molecule has 0 atom stereocenters. The third-order valence-corrected chi connectivity index (χ3v) is 3.88. The molecule has 1 aromatic carbocycles. The SMILES string of the molecule is O=C(CSc1nccc(C(F)(F)F)n1)NCCOc1ccc(Cl)cc1. The van der Waals surface area contributed by atoms with Crippen molar-refractivity contribution in [1.29, 1.82) is 0 Å². The predicted molar refractivity (Wildman–Crippen MR) is 87.7 cm³/mol. The number of hydrogen-bond acceptors (Lipinski definition) is 5. The first-order valence-corrected chi connectivity index (χ1v) is 8.39. The molecular weight excluding hydrogens is 379 g/mol. The molecule has 1 N–H and O–H groups in total. The largest absolute Gasteiger partial charge is 0.492 e. The van der Waals surface area contributed by atoms with E-state index < -0.39 is 11.9 Å². The number of nitrogens with zero attached hydrogens (tertiary/aromatic N) is 2. The summed E-state index contributed by atoms with van der Waals surface area (Å²) in [4.78, 5) is 18.7. The van der Waals surface area contributed by atoms with Crippen molar-refractivity contribution in [3.63, 3.8) is 0 Å². The number of carbonyl (C=O) groups is 1. The smallest absolute Gasteiger partial charge is 0.433 e. The second kappa shape index (κ2) is 8.91. The molecule has 0 unspecified atom stereocenters. The maximum atomic E-state index is 12.5. The lowest BCUT2D eigenvalue weighted by Gasteiger charge is -2.08. The quantitative estimate of drug-likeness (QED) is 0.445. The van der Waals surface area contributed by atoms with Gasteiger partial charge in [0.05, 0.1) is 12.3 Å². The minimum Gasteiger partial charge on any atom is -0.492 e. The normalized spacial score (nSPS) is 11.2. The summed E-state index contributed by atoms with van der Waals surface area (Å²) in [6.45, 7) is 0.504. The summed E-state index contributed by atoms with van der Waals surface area (Å²) in [6, 6.07) is 7.54. The van der Waals surface area contributed by atoms with Crippen LogP contribution in [0.2, 0.25) is 5.02 Å². The Labute approximate surface area is 151 Å². The van der Waals surface area contributed by atoms with Crippen molar-refractivity contribution < 1.29 is 22.7 Å². The van der Waals surface area contributed by atoms with Crippen LogP contribution >= 0.6 is 23.4 Å². The van der Waals surface area contributed by atoms with E-state index in [0.717, 1.165) is 24.0 Å². The molecule has 2 aromatic rings. The van der Waals surface area contributed by atoms with Gasteiger partial charge in [-0.1, -0.05) is 23.4 Å². The molecule has 0 aliphatic carbocycles. The van der Waals surface area contributed by atoms with Gasteiger partial charge in [0.1, 0.15) is 18.1 Å². The molecule has 0 aliphatic heterocycles. The van der Waals surface area contributed by atoms with Gasteiger partial charge >= 0.3 is 6.18 Å². The molecule has 0 spiro atoms. The fraction of sp³-hybridized carbons (Fsp3) is 0.267. The number of nitrogens with one attached hydrogen (secondary N) is 1. The first kappa shape index (κ1) is 19.3. The molecule has 1 heterocycles. The Morgan fingerprint density at radius 1 is 1.24 bits per heavy atom. The zero-order chi connectivity index (χ0) is 18.3. The topological polar surface area (TPSA) is 64.1 Å². The highest BCUT2D eigenvalue weighted by Gasteiger charge is 2.32. The Kier molecular flexibility index (Phi) is 6.89. The number of halogens is 4. The summed E-state index contributed by atoms with van der Waals surface area (Å²) >= 11 is 6.57. The number of rotatable bonds is 7. The molecule has 0 fully saturated rings. The number of hydrogen-bond donors (Lipinski definition) is 1. The molecule has 5 nitrogen and oxygen atoms in total. The molecule has 0 saturated heterocycles. The van der Waals surface area contributed by atoms with Crippen molar-refractivity contribution >= 4 is 29.3 Å². The highest BCUT2D eigenvalue weighted by atomic mass is 35.5. The highest BCUT2D eigenvalue weighted by molar-refractivity contribution is 7.99. The van der Waals surface area contributed by atoms with Gasteiger partial charge in [0, 0.05) is 11.2 Å². The molecule has 1 amide bonds. The zero-order valence-electron chi connectivity index (χ0n) is 12.7. The average Bonchev–Trinajstić information content (AvgIpc) is 2.58. The maximum Gasteiger partial charge on any atom is 0.433 e. The van der Waals surface area contributed by atoms with Crippen molar-refractivity contribution in [3.05, 3.63) is 47.2 Å². The van der Waals surface area contributed by atoms with E-state index in [2.05, 4.69) is 15.3 Å². The number of alkyl halides is 3. The van der Waals surface area contributed by atoms with Crippen molar-refractivity contribution in [2.75, 3.05) is 18.9 Å². The second-order valence-electron chi connectivity index (χ2n) is 4.66. The summed E-state index contributed by atoms with van der Waals surface area (Å²) < 4.78 is 43.0. The second-order valence-corrected chi connectivity index (χ2v) is 6.04. The molecule has 1 aromatic heterocycles. The van der Waals surface area contributed by atoms with Crippen molar-refractivity contribution in [2.45, 2.75) is 11.3 Å². The number of aromatic nitrogens is 2. The number of ether oxygens (including phenoxy) is 1. The van der Waals surface area contributed by atoms with Gasteiger partial charge < -0.3 is 10.1 Å². The molecule has 0 radical (unpaired) electrons. The zero-order valence-corrected chi connectivity index (χ0v) is 14.3. The summed E-state index contributed by atoms with van der Waals surface area (Å²) in [5.41, 5.74) is -1.04. The van der Waals surface area contributed by atoms with Crippen molar-refractivity contribution in [2.24, 2.45) is 0 Å². The molecular formula is C15H13ClF3N3O2S. The summed E-state index contributed by atoms with van der Waals surface area (Å²) in [6.07, 6.45) is -3.53. The van der Waals surface area contributed by atoms with E-state index in [0.29, 0.717) is 10.8 Å². The fourth-order valence-electron chi connectivity index (χ4n) is 1.64. The Hall–Kier alpha value is -2.00. The van der Waals surface area contributed by atoms with E-state index in [4.69, 9.17) is 16.3 Å². The summed E-state index contributed by atoms with van der Waals surface area (Å²) in [7, 11) is 0. The van der Waals surface area contributed by atoms with Crippen LogP contribution in [0.25, 0.3) is 0 Å². The summed E-state index contributed by atoms with van der Waals surface area (Å²) in [5, 5.41) is 3.07. The van der Waals surface area contributed by atoms with Crippen LogP contribution in [0.1, 0.15) is 5.69 Å². The molecule has 0 bridgehead atoms. The minimum atomic E-state index is -4.54. The van der Waals surface area contributed by atoms with Crippen molar-refractivity contribution in [1.82, 2.24) is 15.3 Å². The fourth-order valence-corrected chi connectivity index (χ4v) is 2.43. The lowest BCUT2D eigenvalue weighted by molar-refractivity contribution is -0.141. The van der Waals surface area contributed by atoms with Gasteiger partial charge in [0.25, 0.3) is 0 Å². The Balaban J connectivity index is 1.69. The molecule has 0 aliphatic rings. The number of amides is 1. The number of thioether (sulfide) groups is 1. The van der Waals surface area contributed by atoms with Gasteiger partial charge in [-0.25, -0.2) is 9.97 Å². The predicted octanol–water partition coefficient (Wildman–Crippen LogP) is 3.44. The highest BCUT2D eigenvalue weighted by Crippen LogP contribution is 2.28. The monoisotopic (exact) mass is 391 g/mol. The maximum absolute atomic E-state index is 12.5. The number of benzene rings is 1. The molecule has 25 heavy (non-hydrogen) atoms. The third kappa shape index (κ3) is 6.79. The van der Waals surface area contributed by atoms with Crippen LogP contribution in [0.5, 0.6) is 5.75 Å². The summed E-state index contributed by atoms with van der Waals surface area (Å²) in [5.74, 6) is 0.165. The first-order valence-electron chi connectivity index (χ1n) is 7.03. The average molecular weight is 392 g/mol. The molecule has 0 saturated carbocycles. The van der Waals surface area contributed by atoms with Crippen LogP contribution < -0.4 is 10.1 Å². The van der Waals surface area contributed by atoms with E-state index >= 15 is 0 Å². The first-order chi connectivity index (χ1) is 11.8. The van der Waals surface area contributed by atoms with Gasteiger partial charge in [0.2, 0.25) is 5.91 Å². The lowest BCUT2D eigenvalue weighted by Crippen LogP contribution is -2.29. The van der Waals surface area contributed by atoms with E-state index in [1.807, 2.05) is 0 Å². The van der Waals surface area contributed by atoms with E-state index in [-0.39, 0.29) is 30.0 Å². The van der Waals surface area contributed by atoms with Gasteiger partial charge in [-0.2, -0.15) is 13.2 Å². The van der Waals surface area contributed by atoms with Gasteiger partial charge in [-0.15, -0.1) is 0 Å². The van der Waals surface area contributed by atoms with Crippen LogP contribution in [0.3, 0.4) is 0 Å². The van der Waals surface area contributed by atoms with Crippen LogP contribution in [-0.4, -0.2) is 34.8 Å². The minimum absolute atomic E-state index is 0.0950. The van der Waals surface area contributed by atoms with Crippen LogP contribution in [0.4, 0.5) is 13.2 Å². The van der Waals surface area contributed by atoms with E-state index in [1.165, 1.54) is 0 Å². The standard InChI is InChI=1S/C15H13ClF3N3O2S/c16-10-1-3-11(4-2-10)24-8-7-20-13(23)9-25-14-21-6-5-12(22-14)15(17,18)19/h1-6H,7-9H2,(H,20,23). The van der Waals surface area contributed by atoms with Crippen LogP contribution in [-0.2, 0) is 11.0 Å².